The Balaban J connectivity index is -0.000000254. The Hall–Kier alpha value is 9.27. The Labute approximate surface area is 988 Å². The predicted molar refractivity (Wildman–Crippen MR) is 298 cm³/mol. The second-order valence-electron chi connectivity index (χ2n) is 19.1. The molecule has 6 heterocycles. The van der Waals surface area contributed by atoms with Gasteiger partial charge in [0.1, 0.15) is 41.9 Å². The van der Waals surface area contributed by atoms with Gasteiger partial charge < -0.3 is 126 Å². The smallest absolute Gasteiger partial charge is 0.726 e. The van der Waals surface area contributed by atoms with Crippen molar-refractivity contribution in [2.24, 2.45) is 7.05 Å². The Morgan fingerprint density at radius 3 is 0.894 bits per heavy atom. The number of hydrogen-bond acceptors (Lipinski definition) is 59. The summed E-state index contributed by atoms with van der Waals surface area (Å²) in [5.74, 6) is 0. The summed E-state index contributed by atoms with van der Waals surface area (Å²) in [6.45, 7) is 8.04. The third-order valence-corrected chi connectivity index (χ3v) is 14.3. The summed E-state index contributed by atoms with van der Waals surface area (Å²) < 4.78 is 529. The first kappa shape index (κ1) is 160. The van der Waals surface area contributed by atoms with E-state index in [0.717, 1.165) is 10.9 Å². The van der Waals surface area contributed by atoms with Crippen molar-refractivity contribution in [3.05, 3.63) is 57.4 Å². The summed E-state index contributed by atoms with van der Waals surface area (Å²) in [6.07, 6.45) is -42.2. The molecule has 66 nitrogen and oxygen atoms in total. The third kappa shape index (κ3) is 84.3. The zero-order chi connectivity index (χ0) is 86.3. The Kier molecular flexibility index (Phi) is 89.3. The molecule has 0 bridgehead atoms. The van der Waals surface area contributed by atoms with Crippen LogP contribution in [0.1, 0.15) is 11.4 Å². The maximum absolute atomic E-state index is 12.2. The summed E-state index contributed by atoms with van der Waals surface area (Å²) in [4.78, 5) is 0. The molecule has 18 atom stereocenters. The van der Waals surface area contributed by atoms with Gasteiger partial charge in [0.2, 0.25) is 135 Å². The molecule has 4 fully saturated rings. The molecule has 0 radical (unpaired) electrons. The van der Waals surface area contributed by atoms with E-state index in [4.69, 9.17) is 126 Å². The molecule has 4 saturated heterocycles. The maximum atomic E-state index is 12.2. The molecule has 5 unspecified atom stereocenters. The van der Waals surface area contributed by atoms with E-state index in [2.05, 4.69) is 74.9 Å². The van der Waals surface area contributed by atoms with Gasteiger partial charge in [0, 0.05) is 19.6 Å². The fourth-order valence-corrected chi connectivity index (χ4v) is 11.7. The van der Waals surface area contributed by atoms with Crippen LogP contribution in [0.2, 0.25) is 0 Å². The van der Waals surface area contributed by atoms with E-state index in [1.165, 1.54) is 17.9 Å². The summed E-state index contributed by atoms with van der Waals surface area (Å²) in [5, 5.41) is 14.9. The summed E-state index contributed by atoms with van der Waals surface area (Å²) in [5.41, 5.74) is -0.0760. The number of ether oxygens (including phenoxy) is 8. The first-order valence-electron chi connectivity index (χ1n) is 25.3. The quantitative estimate of drug-likeness (QED) is 0.0229. The second kappa shape index (κ2) is 68.5. The van der Waals surface area contributed by atoms with Gasteiger partial charge in [0.05, 0.1) is 44.4 Å². The average Bonchev–Trinajstić information content (AvgIpc) is 0.906. The van der Waals surface area contributed by atoms with Gasteiger partial charge in [-0.05, 0) is 30.5 Å². The van der Waals surface area contributed by atoms with Crippen LogP contribution in [0.4, 0.5) is 0 Å². The largest absolute Gasteiger partial charge is 1.00 e. The standard InChI is InChI=1S/C31H45N6O40S8.13Na.5H2O4S/c1-12-22(68-30-28(76-84(56,57)58)26(74-82(50,51)52)23(13(2)65-30)69-31-29(77-85(59,60)61)27(75-83(53,54)55)24(14(3)66-31)72-80(44,45)46)17(70-78(38,39)40)5-20(64-12)62-11-16-8-37(35-33-16)9-19-25(73-81(47,48)49)18(71-79(41,42)43)6-21(67-19)63-10-15-7-36(4)34-32-15;;;;;;;;;;;;;;5*1-5(2,3)4/h5-8,12-14,17-31H,1-3,9-11H2,4H3,(H,38,39,40)(H,41,42,43)(H,44,45,46)(H,47,48,49)(H,50,51,52)(H,53,54,55)(H,56,57,58)(H,59,60,61);;;;;;;;;;;;;;5*(H2,1,2,3,4)/q-5;13*+1;;;;;/p-13/t12?,13?,14?,17-,18-,19-,20-,21+,22-,23-,24-,25+,26+,27+,28?,29?,30-,31-;;;;;;;;;;;;;;;;;;/m1................../s1. The van der Waals surface area contributed by atoms with Crippen molar-refractivity contribution in [2.75, 3.05) is 0 Å². The van der Waals surface area contributed by atoms with E-state index in [1.54, 1.807) is 0 Å². The molecule has 6 rings (SSSR count). The summed E-state index contributed by atoms with van der Waals surface area (Å²) in [7, 11) is -71.8. The van der Waals surface area contributed by atoms with E-state index in [0.29, 0.717) is 12.8 Å². The Bertz CT molecular complexity index is 4750. The summed E-state index contributed by atoms with van der Waals surface area (Å²) in [6, 6.07) is 0. The van der Waals surface area contributed by atoms with Gasteiger partial charge in [-0.1, -0.05) is 10.4 Å². The molecule has 0 aromatic carbocycles. The van der Waals surface area contributed by atoms with Crippen LogP contribution in [0.5, 0.6) is 0 Å². The molecule has 4 aliphatic rings. The molecule has 2 aromatic rings. The van der Waals surface area contributed by atoms with Gasteiger partial charge >= 0.3 is 384 Å². The molecule has 123 heavy (non-hydrogen) atoms. The summed E-state index contributed by atoms with van der Waals surface area (Å²) >= 11 is 0. The van der Waals surface area contributed by atoms with Gasteiger partial charge in [-0.3, -0.25) is 52.5 Å². The van der Waals surface area contributed by atoms with Crippen LogP contribution in [0.15, 0.2) is 12.4 Å². The van der Waals surface area contributed by atoms with E-state index in [9.17, 15) is 104 Å². The number of hydrogen-bond donors (Lipinski definition) is 5. The van der Waals surface area contributed by atoms with E-state index in [-0.39, 0.29) is 396 Å². The number of aromatic nitrogens is 6. The van der Waals surface area contributed by atoms with Crippen molar-refractivity contribution in [3.63, 3.8) is 0 Å². The number of nitrogens with zero attached hydrogens (tertiary/aromatic N) is 6. The molecule has 2 aromatic heterocycles. The topological polar surface area (TPSA) is 1050 Å². The van der Waals surface area contributed by atoms with E-state index >= 15 is 0 Å². The average molecular weight is 2170 g/mol. The number of rotatable bonds is 28. The van der Waals surface area contributed by atoms with Crippen LogP contribution in [0.3, 0.4) is 0 Å². The molecule has 0 saturated carbocycles. The molecular formula is C31H42N6Na13O60S13-5. The Morgan fingerprint density at radius 1 is 0.341 bits per heavy atom. The van der Waals surface area contributed by atoms with Crippen molar-refractivity contribution in [1.29, 1.82) is 0 Å². The fourth-order valence-electron chi connectivity index (χ4n) is 7.89. The van der Waals surface area contributed by atoms with Crippen molar-refractivity contribution in [1.82, 2.24) is 30.0 Å². The van der Waals surface area contributed by atoms with Crippen LogP contribution in [-0.4, -0.2) is 332 Å². The van der Waals surface area contributed by atoms with Gasteiger partial charge in [0.15, 0.2) is 24.8 Å². The Morgan fingerprint density at radius 2 is 0.585 bits per heavy atom. The van der Waals surface area contributed by atoms with E-state index in [1.807, 2.05) is 0 Å². The number of aryl methyl sites for hydroxylation is 1. The van der Waals surface area contributed by atoms with Crippen molar-refractivity contribution in [2.45, 2.75) is 130 Å². The van der Waals surface area contributed by atoms with Crippen LogP contribution >= 0.6 is 0 Å². The SMILES string of the molecule is O=S(=O)([O-])O.O=S(=O)([O-])O.O=S(=O)([O-])O.O=S(=O)([O-])O.O=S(=O)([O-])O.[CH2-]C1O[C@H](O[C@@H]2C([CH2-])O[C@@H](OCc3cn(C[C@H]4O[C@H](OCc5cn(C)nn5)[CH-][C@@H](OS(=O)(=O)[O-])[C@@H]4OS(=O)(=O)[O-])nn3)[CH-][C@H]2OS(=O)(=O)[O-])C(OS(=O)(=O)[O-])[C@@H](OS(=O)(=O)[O-])[C@@H]1O[C@H]1OC([CH2-])[C@@H](OS(=O)(=O)[O-])[C@H](OS(=O)(=O)[O-])C1OS(=O)(=O)[O-].[Na+].[Na+].[Na+].[Na+].[Na+].[Na+].[Na+].[Na+].[Na+].[Na+].[Na+].[Na+].[Na+]. The van der Waals surface area contributed by atoms with Gasteiger partial charge in [0.25, 0.3) is 0 Å². The van der Waals surface area contributed by atoms with Crippen LogP contribution in [0, 0.1) is 33.6 Å². The first-order chi connectivity index (χ1) is 48.7. The monoisotopic (exact) mass is 2170 g/mol. The van der Waals surface area contributed by atoms with Gasteiger partial charge in [-0.15, -0.1) is 10.2 Å². The maximum Gasteiger partial charge on any atom is 1.00 e. The first-order valence-corrected chi connectivity index (χ1v) is 42.8. The normalized spacial score (nSPS) is 25.4. The second-order valence-corrected chi connectivity index (χ2v) is 31.4. The van der Waals surface area contributed by atoms with E-state index < -0.39 is 266 Å². The zero-order valence-electron chi connectivity index (χ0n) is 64.6. The molecule has 5 N–H and O–H groups in total. The fraction of sp³-hybridized carbons (Fsp3) is 0.710. The minimum absolute atomic E-state index is 0. The van der Waals surface area contributed by atoms with Crippen molar-refractivity contribution >= 4 is 135 Å². The molecule has 4 aliphatic heterocycles. The van der Waals surface area contributed by atoms with Crippen LogP contribution in [0.25, 0.3) is 0 Å². The van der Waals surface area contributed by atoms with Crippen LogP contribution in [-0.2, 0) is 233 Å². The molecule has 652 valence electrons. The van der Waals surface area contributed by atoms with Crippen LogP contribution < -0.4 is 384 Å². The van der Waals surface area contributed by atoms with Crippen molar-refractivity contribution in [3.8, 4) is 0 Å². The molecular weight excluding hydrogens is 2130 g/mol. The van der Waals surface area contributed by atoms with Gasteiger partial charge in [-0.25, -0.2) is 127 Å². The van der Waals surface area contributed by atoms with Gasteiger partial charge in [-0.2, -0.15) is 0 Å². The minimum Gasteiger partial charge on any atom is -0.726 e. The minimum atomic E-state index is -6.35. The molecule has 0 spiro atoms. The predicted octanol–water partition coefficient (Wildman–Crippen LogP) is -53.4. The molecule has 0 amide bonds. The molecule has 92 heteroatoms. The molecule has 0 aliphatic carbocycles. The third-order valence-electron chi connectivity index (χ3n) is 10.7. The van der Waals surface area contributed by atoms with Crippen molar-refractivity contribution < 1.29 is 647 Å². The zero-order valence-corrected chi connectivity index (χ0v) is 101.